The molecule has 0 aliphatic carbocycles. The van der Waals surface area contributed by atoms with Gasteiger partial charge in [0.25, 0.3) is 0 Å². The molecule has 4 nitrogen and oxygen atoms in total. The van der Waals surface area contributed by atoms with E-state index in [1.54, 1.807) is 17.5 Å². The van der Waals surface area contributed by atoms with Crippen LogP contribution >= 0.6 is 11.3 Å². The Balaban J connectivity index is 2.02. The zero-order valence-electron chi connectivity index (χ0n) is 11.2. The monoisotopic (exact) mass is 284 g/mol. The zero-order valence-corrected chi connectivity index (χ0v) is 12.0. The minimum absolute atomic E-state index is 0.194. The first-order chi connectivity index (χ1) is 9.81. The van der Waals surface area contributed by atoms with Crippen molar-refractivity contribution in [1.29, 1.82) is 0 Å². The molecule has 0 saturated carbocycles. The van der Waals surface area contributed by atoms with Crippen LogP contribution in [-0.4, -0.2) is 15.0 Å². The van der Waals surface area contributed by atoms with Crippen LogP contribution in [0.1, 0.15) is 29.1 Å². The molecule has 20 heavy (non-hydrogen) atoms. The lowest BCUT2D eigenvalue weighted by atomic mass is 10.1. The van der Waals surface area contributed by atoms with E-state index in [1.165, 1.54) is 10.4 Å². The van der Waals surface area contributed by atoms with Gasteiger partial charge in [0.15, 0.2) is 0 Å². The quantitative estimate of drug-likeness (QED) is 0.801. The normalized spacial score (nSPS) is 12.5. The maximum absolute atomic E-state index is 6.43. The van der Waals surface area contributed by atoms with Crippen molar-refractivity contribution in [2.24, 2.45) is 5.73 Å². The van der Waals surface area contributed by atoms with E-state index < -0.39 is 0 Å². The standard InChI is InChI=1S/C15H16N4S/c1-2-11-8-9-20-15(11)14(16)13-10-17-18-19(13)12-6-4-3-5-7-12/h3-10,14H,2,16H2,1H3. The Morgan fingerprint density at radius 3 is 2.80 bits per heavy atom. The third-order valence-corrected chi connectivity index (χ3v) is 4.38. The lowest BCUT2D eigenvalue weighted by Crippen LogP contribution is -2.16. The minimum Gasteiger partial charge on any atom is -0.318 e. The second-order valence-electron chi connectivity index (χ2n) is 4.55. The number of nitrogens with zero attached hydrogens (tertiary/aromatic N) is 3. The predicted molar refractivity (Wildman–Crippen MR) is 81.1 cm³/mol. The number of hydrogen-bond donors (Lipinski definition) is 1. The summed E-state index contributed by atoms with van der Waals surface area (Å²) in [7, 11) is 0. The summed E-state index contributed by atoms with van der Waals surface area (Å²) in [6.07, 6.45) is 2.73. The van der Waals surface area contributed by atoms with Crippen LogP contribution in [0.4, 0.5) is 0 Å². The molecule has 1 aromatic carbocycles. The Bertz CT molecular complexity index is 687. The summed E-state index contributed by atoms with van der Waals surface area (Å²) in [4.78, 5) is 1.19. The number of nitrogens with two attached hydrogens (primary N) is 1. The van der Waals surface area contributed by atoms with Crippen molar-refractivity contribution in [2.45, 2.75) is 19.4 Å². The van der Waals surface area contributed by atoms with Gasteiger partial charge in [0.05, 0.1) is 23.6 Å². The fourth-order valence-electron chi connectivity index (χ4n) is 2.27. The molecule has 0 amide bonds. The maximum atomic E-state index is 6.43. The molecule has 0 aliphatic heterocycles. The highest BCUT2D eigenvalue weighted by Crippen LogP contribution is 2.28. The summed E-state index contributed by atoms with van der Waals surface area (Å²) in [6, 6.07) is 11.9. The number of rotatable bonds is 4. The van der Waals surface area contributed by atoms with Crippen LogP contribution in [0, 0.1) is 0 Å². The van der Waals surface area contributed by atoms with Crippen molar-refractivity contribution in [1.82, 2.24) is 15.0 Å². The minimum atomic E-state index is -0.194. The van der Waals surface area contributed by atoms with E-state index in [0.29, 0.717) is 0 Å². The number of benzene rings is 1. The van der Waals surface area contributed by atoms with Gasteiger partial charge in [-0.3, -0.25) is 0 Å². The van der Waals surface area contributed by atoms with Gasteiger partial charge in [-0.2, -0.15) is 0 Å². The lowest BCUT2D eigenvalue weighted by Gasteiger charge is -2.13. The fraction of sp³-hybridized carbons (Fsp3) is 0.200. The summed E-state index contributed by atoms with van der Waals surface area (Å²) in [6.45, 7) is 2.14. The molecule has 3 aromatic rings. The second-order valence-corrected chi connectivity index (χ2v) is 5.50. The van der Waals surface area contributed by atoms with Crippen LogP contribution in [0.15, 0.2) is 48.0 Å². The summed E-state index contributed by atoms with van der Waals surface area (Å²) in [5, 5.41) is 10.3. The van der Waals surface area contributed by atoms with Gasteiger partial charge in [-0.15, -0.1) is 16.4 Å². The lowest BCUT2D eigenvalue weighted by molar-refractivity contribution is 0.722. The molecule has 0 spiro atoms. The van der Waals surface area contributed by atoms with Gasteiger partial charge < -0.3 is 5.73 Å². The van der Waals surface area contributed by atoms with Crippen molar-refractivity contribution < 1.29 is 0 Å². The van der Waals surface area contributed by atoms with E-state index in [-0.39, 0.29) is 6.04 Å². The van der Waals surface area contributed by atoms with E-state index in [4.69, 9.17) is 5.73 Å². The SMILES string of the molecule is CCc1ccsc1C(N)c1cnnn1-c1ccccc1. The summed E-state index contributed by atoms with van der Waals surface area (Å²) in [5.74, 6) is 0. The zero-order chi connectivity index (χ0) is 13.9. The Kier molecular flexibility index (Phi) is 3.62. The summed E-state index contributed by atoms with van der Waals surface area (Å²) >= 11 is 1.69. The van der Waals surface area contributed by atoms with E-state index in [9.17, 15) is 0 Å². The topological polar surface area (TPSA) is 56.7 Å². The van der Waals surface area contributed by atoms with Gasteiger partial charge in [-0.1, -0.05) is 30.3 Å². The number of thiophene rings is 1. The van der Waals surface area contributed by atoms with Crippen LogP contribution in [0.2, 0.25) is 0 Å². The molecule has 0 saturated heterocycles. The molecule has 2 heterocycles. The molecule has 2 aromatic heterocycles. The molecule has 2 N–H and O–H groups in total. The van der Waals surface area contributed by atoms with Crippen LogP contribution in [0.3, 0.4) is 0 Å². The third kappa shape index (κ3) is 2.26. The van der Waals surface area contributed by atoms with Crippen LogP contribution < -0.4 is 5.73 Å². The Morgan fingerprint density at radius 1 is 1.25 bits per heavy atom. The molecule has 1 unspecified atom stereocenters. The first kappa shape index (κ1) is 13.0. The largest absolute Gasteiger partial charge is 0.318 e. The Hall–Kier alpha value is -1.98. The number of aromatic nitrogens is 3. The fourth-order valence-corrected chi connectivity index (χ4v) is 3.28. The molecular weight excluding hydrogens is 268 g/mol. The highest BCUT2D eigenvalue weighted by Gasteiger charge is 2.19. The number of hydrogen-bond acceptors (Lipinski definition) is 4. The smallest absolute Gasteiger partial charge is 0.0866 e. The highest BCUT2D eigenvalue weighted by molar-refractivity contribution is 7.10. The van der Waals surface area contributed by atoms with Gasteiger partial charge in [0.1, 0.15) is 0 Å². The average Bonchev–Trinajstić information content (AvgIpc) is 3.16. The Labute approximate surface area is 121 Å². The van der Waals surface area contributed by atoms with Gasteiger partial charge in [-0.05, 0) is 35.6 Å². The summed E-state index contributed by atoms with van der Waals surface area (Å²) < 4.78 is 1.81. The van der Waals surface area contributed by atoms with Gasteiger partial charge >= 0.3 is 0 Å². The average molecular weight is 284 g/mol. The number of para-hydroxylation sites is 1. The highest BCUT2D eigenvalue weighted by atomic mass is 32.1. The molecule has 0 bridgehead atoms. The second kappa shape index (κ2) is 5.56. The molecule has 3 rings (SSSR count). The van der Waals surface area contributed by atoms with Gasteiger partial charge in [-0.25, -0.2) is 4.68 Å². The predicted octanol–water partition coefficient (Wildman–Crippen LogP) is 2.94. The van der Waals surface area contributed by atoms with Crippen molar-refractivity contribution in [3.05, 3.63) is 64.1 Å². The van der Waals surface area contributed by atoms with E-state index >= 15 is 0 Å². The molecule has 0 aliphatic rings. The van der Waals surface area contributed by atoms with Crippen molar-refractivity contribution >= 4 is 11.3 Å². The third-order valence-electron chi connectivity index (χ3n) is 3.34. The van der Waals surface area contributed by atoms with Crippen molar-refractivity contribution in [2.75, 3.05) is 0 Å². The number of aryl methyl sites for hydroxylation is 1. The molecule has 5 heteroatoms. The van der Waals surface area contributed by atoms with Gasteiger partial charge in [0.2, 0.25) is 0 Å². The first-order valence-corrected chi connectivity index (χ1v) is 7.47. The van der Waals surface area contributed by atoms with Crippen molar-refractivity contribution in [3.8, 4) is 5.69 Å². The van der Waals surface area contributed by atoms with Crippen LogP contribution in [0.5, 0.6) is 0 Å². The maximum Gasteiger partial charge on any atom is 0.0866 e. The Morgan fingerprint density at radius 2 is 2.05 bits per heavy atom. The molecule has 102 valence electrons. The van der Waals surface area contributed by atoms with E-state index in [1.807, 2.05) is 35.0 Å². The van der Waals surface area contributed by atoms with E-state index in [0.717, 1.165) is 17.8 Å². The molecule has 0 fully saturated rings. The van der Waals surface area contributed by atoms with Gasteiger partial charge in [0, 0.05) is 4.88 Å². The van der Waals surface area contributed by atoms with Crippen LogP contribution in [-0.2, 0) is 6.42 Å². The van der Waals surface area contributed by atoms with Crippen molar-refractivity contribution in [3.63, 3.8) is 0 Å². The molecule has 1 atom stereocenters. The summed E-state index contributed by atoms with van der Waals surface area (Å²) in [5.41, 5.74) is 9.61. The van der Waals surface area contributed by atoms with Crippen LogP contribution in [0.25, 0.3) is 5.69 Å². The molecular formula is C15H16N4S. The van der Waals surface area contributed by atoms with E-state index in [2.05, 4.69) is 28.7 Å². The molecule has 0 radical (unpaired) electrons. The first-order valence-electron chi connectivity index (χ1n) is 6.59.